The van der Waals surface area contributed by atoms with Crippen molar-refractivity contribution in [3.8, 4) is 0 Å². The maximum absolute atomic E-state index is 12.7. The van der Waals surface area contributed by atoms with Crippen molar-refractivity contribution in [1.82, 2.24) is 5.32 Å². The van der Waals surface area contributed by atoms with Crippen LogP contribution >= 0.6 is 0 Å². The molecule has 0 aliphatic heterocycles. The summed E-state index contributed by atoms with van der Waals surface area (Å²) in [4.78, 5) is 15.0. The molecule has 0 aliphatic rings. The molecule has 2 rings (SSSR count). The largest absolute Gasteiger partial charge is 0.472 e. The minimum Gasteiger partial charge on any atom is -0.472 e. The van der Waals surface area contributed by atoms with E-state index in [4.69, 9.17) is 4.74 Å². The highest BCUT2D eigenvalue weighted by molar-refractivity contribution is 5.85. The van der Waals surface area contributed by atoms with Gasteiger partial charge in [0.15, 0.2) is 0 Å². The molecular formula is C19H14F6N2O2. The molecule has 0 fully saturated rings. The normalized spacial score (nSPS) is 12.8. The summed E-state index contributed by atoms with van der Waals surface area (Å²) in [6, 6.07) is 11.7. The number of halogens is 6. The zero-order chi connectivity index (χ0) is 21.7. The van der Waals surface area contributed by atoms with Gasteiger partial charge in [-0.1, -0.05) is 42.5 Å². The van der Waals surface area contributed by atoms with E-state index in [9.17, 15) is 31.1 Å². The fourth-order valence-electron chi connectivity index (χ4n) is 2.17. The van der Waals surface area contributed by atoms with Crippen LogP contribution in [0.1, 0.15) is 16.7 Å². The van der Waals surface area contributed by atoms with Gasteiger partial charge in [0.2, 0.25) is 5.88 Å². The van der Waals surface area contributed by atoms with Crippen molar-refractivity contribution in [3.05, 3.63) is 77.2 Å². The first-order valence-corrected chi connectivity index (χ1v) is 7.96. The maximum atomic E-state index is 12.7. The average Bonchev–Trinajstić information content (AvgIpc) is 2.66. The van der Waals surface area contributed by atoms with E-state index in [0.29, 0.717) is 5.56 Å². The van der Waals surface area contributed by atoms with Crippen molar-refractivity contribution in [2.24, 2.45) is 4.99 Å². The average molecular weight is 416 g/mol. The second kappa shape index (κ2) is 8.80. The Morgan fingerprint density at radius 2 is 1.55 bits per heavy atom. The van der Waals surface area contributed by atoms with Crippen LogP contribution in [0, 0.1) is 0 Å². The maximum Gasteiger partial charge on any atom is 0.471 e. The van der Waals surface area contributed by atoms with E-state index in [1.54, 1.807) is 23.5 Å². The Labute approximate surface area is 161 Å². The van der Waals surface area contributed by atoms with Crippen molar-refractivity contribution >= 4 is 18.3 Å². The molecule has 154 valence electrons. The molecule has 0 spiro atoms. The molecule has 0 unspecified atom stereocenters. The van der Waals surface area contributed by atoms with Gasteiger partial charge in [-0.15, -0.1) is 0 Å². The van der Waals surface area contributed by atoms with Crippen LogP contribution in [0.2, 0.25) is 0 Å². The number of alkyl halides is 6. The van der Waals surface area contributed by atoms with Crippen LogP contribution in [0.5, 0.6) is 0 Å². The van der Waals surface area contributed by atoms with Gasteiger partial charge in [-0.05, 0) is 24.4 Å². The standard InChI is InChI=1S/C19H14F6N2O2/c1-26-15(13-5-3-2-4-6-13)16(27-17(28)19(23,24)25)29-11-12-7-9-14(10-8-12)18(20,21)22/h2-10H,1,11H2,(H,27,28)/b16-15-. The van der Waals surface area contributed by atoms with Crippen LogP contribution in [0.3, 0.4) is 0 Å². The first-order chi connectivity index (χ1) is 13.5. The minimum absolute atomic E-state index is 0.171. The number of hydrogen-bond acceptors (Lipinski definition) is 3. The zero-order valence-electron chi connectivity index (χ0n) is 14.6. The highest BCUT2D eigenvalue weighted by Gasteiger charge is 2.40. The lowest BCUT2D eigenvalue weighted by atomic mass is 10.1. The molecule has 0 saturated carbocycles. The SMILES string of the molecule is C=N/C(=C(/NC(=O)C(F)(F)F)OCc1ccc(C(F)(F)F)cc1)c1ccccc1. The van der Waals surface area contributed by atoms with Crippen LogP contribution in [-0.2, 0) is 22.3 Å². The van der Waals surface area contributed by atoms with Gasteiger partial charge in [0.25, 0.3) is 0 Å². The summed E-state index contributed by atoms with van der Waals surface area (Å²) in [5.41, 5.74) is -0.518. The number of nitrogens with zero attached hydrogens (tertiary/aromatic N) is 1. The number of rotatable bonds is 6. The number of carbonyl (C=O) groups excluding carboxylic acids is 1. The van der Waals surface area contributed by atoms with E-state index < -0.39 is 36.3 Å². The molecule has 0 bridgehead atoms. The number of carbonyl (C=O) groups is 1. The molecule has 4 nitrogen and oxygen atoms in total. The molecule has 0 heterocycles. The molecule has 1 N–H and O–H groups in total. The predicted octanol–water partition coefficient (Wildman–Crippen LogP) is 4.93. The van der Waals surface area contributed by atoms with Crippen molar-refractivity contribution < 1.29 is 35.9 Å². The van der Waals surface area contributed by atoms with Crippen LogP contribution in [0.25, 0.3) is 5.70 Å². The molecule has 10 heteroatoms. The Kier molecular flexibility index (Phi) is 6.68. The van der Waals surface area contributed by atoms with Gasteiger partial charge < -0.3 is 4.74 Å². The first kappa shape index (κ1) is 22.0. The molecule has 29 heavy (non-hydrogen) atoms. The number of amides is 1. The fourth-order valence-corrected chi connectivity index (χ4v) is 2.17. The summed E-state index contributed by atoms with van der Waals surface area (Å²) < 4.78 is 81.1. The molecule has 2 aromatic carbocycles. The number of aliphatic imine (C=N–C) groups is 1. The third kappa shape index (κ3) is 6.09. The Morgan fingerprint density at radius 3 is 2.03 bits per heavy atom. The molecule has 0 atom stereocenters. The highest BCUT2D eigenvalue weighted by Crippen LogP contribution is 2.29. The Balaban J connectivity index is 2.31. The summed E-state index contributed by atoms with van der Waals surface area (Å²) >= 11 is 0. The number of hydrogen-bond donors (Lipinski definition) is 1. The molecule has 0 aromatic heterocycles. The van der Waals surface area contributed by atoms with Crippen LogP contribution in [0.4, 0.5) is 26.3 Å². The summed E-state index contributed by atoms with van der Waals surface area (Å²) in [6.07, 6.45) is -9.72. The molecule has 2 aromatic rings. The van der Waals surface area contributed by atoms with Gasteiger partial charge in [0.05, 0.1) is 5.56 Å². The molecule has 0 radical (unpaired) electrons. The molecule has 0 saturated heterocycles. The minimum atomic E-state index is -5.19. The predicted molar refractivity (Wildman–Crippen MR) is 93.3 cm³/mol. The summed E-state index contributed by atoms with van der Waals surface area (Å²) in [5.74, 6) is -2.93. The van der Waals surface area contributed by atoms with E-state index >= 15 is 0 Å². The Morgan fingerprint density at radius 1 is 0.966 bits per heavy atom. The summed E-state index contributed by atoms with van der Waals surface area (Å²) in [5, 5.41) is 1.59. The van der Waals surface area contributed by atoms with Crippen LogP contribution in [-0.4, -0.2) is 18.8 Å². The zero-order valence-corrected chi connectivity index (χ0v) is 14.6. The van der Waals surface area contributed by atoms with E-state index in [-0.39, 0.29) is 11.3 Å². The summed E-state index contributed by atoms with van der Waals surface area (Å²) in [7, 11) is 0. The smallest absolute Gasteiger partial charge is 0.471 e. The van der Waals surface area contributed by atoms with Gasteiger partial charge >= 0.3 is 18.3 Å². The first-order valence-electron chi connectivity index (χ1n) is 7.96. The lowest BCUT2D eigenvalue weighted by Gasteiger charge is -2.16. The van der Waals surface area contributed by atoms with E-state index in [0.717, 1.165) is 24.3 Å². The third-order valence-electron chi connectivity index (χ3n) is 3.57. The lowest BCUT2D eigenvalue weighted by Crippen LogP contribution is -2.37. The Bertz CT molecular complexity index is 888. The van der Waals surface area contributed by atoms with Crippen molar-refractivity contribution in [2.75, 3.05) is 0 Å². The fraction of sp³-hybridized carbons (Fsp3) is 0.158. The summed E-state index contributed by atoms with van der Waals surface area (Å²) in [6.45, 7) is 2.86. The second-order valence-electron chi connectivity index (χ2n) is 5.64. The topological polar surface area (TPSA) is 50.7 Å². The number of benzene rings is 2. The van der Waals surface area contributed by atoms with Crippen molar-refractivity contribution in [1.29, 1.82) is 0 Å². The monoisotopic (exact) mass is 416 g/mol. The van der Waals surface area contributed by atoms with Crippen LogP contribution in [0.15, 0.2) is 65.5 Å². The molecular weight excluding hydrogens is 402 g/mol. The van der Waals surface area contributed by atoms with Gasteiger partial charge in [0.1, 0.15) is 12.3 Å². The van der Waals surface area contributed by atoms with Gasteiger partial charge in [0, 0.05) is 5.56 Å². The van der Waals surface area contributed by atoms with Gasteiger partial charge in [-0.3, -0.25) is 15.1 Å². The van der Waals surface area contributed by atoms with E-state index in [2.05, 4.69) is 11.7 Å². The van der Waals surface area contributed by atoms with Gasteiger partial charge in [-0.2, -0.15) is 26.3 Å². The number of nitrogens with one attached hydrogen (secondary N) is 1. The highest BCUT2D eigenvalue weighted by atomic mass is 19.4. The van der Waals surface area contributed by atoms with Gasteiger partial charge in [-0.25, -0.2) is 0 Å². The number of ether oxygens (including phenoxy) is 1. The van der Waals surface area contributed by atoms with Crippen molar-refractivity contribution in [3.63, 3.8) is 0 Å². The van der Waals surface area contributed by atoms with Crippen molar-refractivity contribution in [2.45, 2.75) is 19.0 Å². The third-order valence-corrected chi connectivity index (χ3v) is 3.57. The van der Waals surface area contributed by atoms with E-state index in [1.165, 1.54) is 12.1 Å². The molecule has 1 amide bonds. The quantitative estimate of drug-likeness (QED) is 0.413. The Hall–Kier alpha value is -3.30. The van der Waals surface area contributed by atoms with Crippen LogP contribution < -0.4 is 5.32 Å². The second-order valence-corrected chi connectivity index (χ2v) is 5.64. The van der Waals surface area contributed by atoms with E-state index in [1.807, 2.05) is 0 Å². The molecule has 0 aliphatic carbocycles. The lowest BCUT2D eigenvalue weighted by molar-refractivity contribution is -0.173.